The fraction of sp³-hybridized carbons (Fsp3) is 0.345. The van der Waals surface area contributed by atoms with Crippen molar-refractivity contribution < 1.29 is 19.1 Å². The maximum Gasteiger partial charge on any atom is 0.347 e. The largest absolute Gasteiger partial charge is 0.462 e. The summed E-state index contributed by atoms with van der Waals surface area (Å²) in [6, 6.07) is 9.89. The zero-order valence-electron chi connectivity index (χ0n) is 22.0. The second-order valence-electron chi connectivity index (χ2n) is 9.68. The van der Waals surface area contributed by atoms with E-state index in [0.717, 1.165) is 61.3 Å². The predicted molar refractivity (Wildman–Crippen MR) is 146 cm³/mol. The van der Waals surface area contributed by atoms with Crippen molar-refractivity contribution in [2.45, 2.75) is 20.3 Å². The Morgan fingerprint density at radius 2 is 2.05 bits per heavy atom. The Morgan fingerprint density at radius 1 is 1.24 bits per heavy atom. The Balaban J connectivity index is 1.34. The highest BCUT2D eigenvalue weighted by molar-refractivity contribution is 6.26. The summed E-state index contributed by atoms with van der Waals surface area (Å²) in [4.78, 5) is 38.2. The summed E-state index contributed by atoms with van der Waals surface area (Å²) in [5.41, 5.74) is 4.29. The number of rotatable bonds is 8. The summed E-state index contributed by atoms with van der Waals surface area (Å²) in [6.45, 7) is 9.26. The number of carbonyl (C=O) groups is 2. The van der Waals surface area contributed by atoms with Gasteiger partial charge < -0.3 is 29.6 Å². The first-order chi connectivity index (χ1) is 18.4. The number of H-pyrrole nitrogens is 1. The Morgan fingerprint density at radius 3 is 2.82 bits per heavy atom. The van der Waals surface area contributed by atoms with E-state index in [2.05, 4.69) is 44.3 Å². The monoisotopic (exact) mass is 515 g/mol. The number of aromatic amines is 1. The molecule has 0 spiro atoms. The van der Waals surface area contributed by atoms with Crippen LogP contribution in [0.1, 0.15) is 23.6 Å². The molecule has 1 aromatic carbocycles. The van der Waals surface area contributed by atoms with E-state index in [9.17, 15) is 9.59 Å². The molecule has 2 aliphatic rings. The third-order valence-electron chi connectivity index (χ3n) is 6.99. The fourth-order valence-corrected chi connectivity index (χ4v) is 4.75. The van der Waals surface area contributed by atoms with Crippen molar-refractivity contribution >= 4 is 34.5 Å². The standard InChI is InChI=1S/C29H33N5O4/c1-4-37-29(36)25-26(35)24(17-21-18-31-27-22(21)6-5-10-30-27)38-28(25)32-23-8-7-20(16-19(23)2)9-11-34-14-12-33(3)13-15-34/h5-8,10,16-18,32H,4,9,11-15H2,1-3H3,(H,30,31)/b24-17-. The number of aromatic nitrogens is 2. The van der Waals surface area contributed by atoms with Crippen LogP contribution >= 0.6 is 0 Å². The Labute approximate surface area is 222 Å². The first-order valence-electron chi connectivity index (χ1n) is 13.0. The highest BCUT2D eigenvalue weighted by Crippen LogP contribution is 2.31. The van der Waals surface area contributed by atoms with Crippen LogP contribution in [0.15, 0.2) is 59.9 Å². The molecule has 0 saturated carbocycles. The molecule has 0 aliphatic carbocycles. The number of benzene rings is 1. The van der Waals surface area contributed by atoms with Gasteiger partial charge >= 0.3 is 5.97 Å². The Kier molecular flexibility index (Phi) is 7.57. The van der Waals surface area contributed by atoms with Crippen molar-refractivity contribution in [2.75, 3.05) is 51.7 Å². The summed E-state index contributed by atoms with van der Waals surface area (Å²) < 4.78 is 11.1. The molecule has 3 aromatic rings. The van der Waals surface area contributed by atoms with Crippen LogP contribution in [0.4, 0.5) is 5.69 Å². The van der Waals surface area contributed by atoms with Gasteiger partial charge in [-0.2, -0.15) is 0 Å². The molecule has 1 fully saturated rings. The van der Waals surface area contributed by atoms with Gasteiger partial charge in [-0.15, -0.1) is 0 Å². The van der Waals surface area contributed by atoms with E-state index in [-0.39, 0.29) is 23.8 Å². The molecule has 9 nitrogen and oxygen atoms in total. The molecule has 0 bridgehead atoms. The maximum absolute atomic E-state index is 13.3. The number of aryl methyl sites for hydroxylation is 1. The number of piperazine rings is 1. The average molecular weight is 516 g/mol. The lowest BCUT2D eigenvalue weighted by molar-refractivity contribution is -0.139. The third kappa shape index (κ3) is 5.49. The summed E-state index contributed by atoms with van der Waals surface area (Å²) in [6.07, 6.45) is 6.02. The normalized spacial score (nSPS) is 17.9. The van der Waals surface area contributed by atoms with Crippen LogP contribution in [0.2, 0.25) is 0 Å². The predicted octanol–water partition coefficient (Wildman–Crippen LogP) is 3.49. The lowest BCUT2D eigenvalue weighted by Crippen LogP contribution is -2.45. The van der Waals surface area contributed by atoms with E-state index in [0.29, 0.717) is 5.65 Å². The van der Waals surface area contributed by atoms with Crippen LogP contribution < -0.4 is 5.32 Å². The summed E-state index contributed by atoms with van der Waals surface area (Å²) >= 11 is 0. The van der Waals surface area contributed by atoms with Crippen LogP contribution in [0.25, 0.3) is 17.1 Å². The third-order valence-corrected chi connectivity index (χ3v) is 6.99. The van der Waals surface area contributed by atoms with Gasteiger partial charge in [0.1, 0.15) is 5.65 Å². The van der Waals surface area contributed by atoms with Crippen molar-refractivity contribution in [2.24, 2.45) is 0 Å². The number of likely N-dealkylation sites (N-methyl/N-ethyl adjacent to an activating group) is 1. The zero-order chi connectivity index (χ0) is 26.6. The first kappa shape index (κ1) is 25.7. The molecule has 0 radical (unpaired) electrons. The number of nitrogens with one attached hydrogen (secondary N) is 2. The smallest absolute Gasteiger partial charge is 0.347 e. The van der Waals surface area contributed by atoms with E-state index in [1.165, 1.54) is 5.56 Å². The molecule has 0 atom stereocenters. The van der Waals surface area contributed by atoms with Gasteiger partial charge in [0.25, 0.3) is 0 Å². The van der Waals surface area contributed by atoms with Gasteiger partial charge in [0.05, 0.1) is 6.61 Å². The van der Waals surface area contributed by atoms with Crippen LogP contribution in [0.3, 0.4) is 0 Å². The van der Waals surface area contributed by atoms with Gasteiger partial charge in [-0.1, -0.05) is 12.1 Å². The molecule has 0 amide bonds. The van der Waals surface area contributed by atoms with Crippen molar-refractivity contribution in [1.29, 1.82) is 0 Å². The second-order valence-corrected chi connectivity index (χ2v) is 9.68. The van der Waals surface area contributed by atoms with Crippen molar-refractivity contribution in [3.8, 4) is 0 Å². The molecule has 0 unspecified atom stereocenters. The van der Waals surface area contributed by atoms with Gasteiger partial charge in [-0.25, -0.2) is 9.78 Å². The minimum absolute atomic E-state index is 0.0433. The Hall–Kier alpha value is -3.95. The molecular formula is C29H33N5O4. The number of pyridine rings is 1. The number of allylic oxidation sites excluding steroid dienone is 1. The van der Waals surface area contributed by atoms with E-state index in [4.69, 9.17) is 9.47 Å². The highest BCUT2D eigenvalue weighted by atomic mass is 16.5. The maximum atomic E-state index is 13.3. The van der Waals surface area contributed by atoms with Crippen LogP contribution in [-0.4, -0.2) is 77.9 Å². The van der Waals surface area contributed by atoms with E-state index < -0.39 is 11.8 Å². The zero-order valence-corrected chi connectivity index (χ0v) is 22.0. The molecule has 38 heavy (non-hydrogen) atoms. The van der Waals surface area contributed by atoms with Crippen molar-refractivity contribution in [1.82, 2.24) is 19.8 Å². The summed E-state index contributed by atoms with van der Waals surface area (Å²) in [5, 5.41) is 4.02. The van der Waals surface area contributed by atoms with Gasteiger partial charge in [0.2, 0.25) is 11.7 Å². The Bertz CT molecular complexity index is 1420. The minimum atomic E-state index is -0.717. The van der Waals surface area contributed by atoms with Crippen molar-refractivity contribution in [3.63, 3.8) is 0 Å². The van der Waals surface area contributed by atoms with E-state index in [1.54, 1.807) is 25.4 Å². The second kappa shape index (κ2) is 11.2. The topological polar surface area (TPSA) is 99.8 Å². The van der Waals surface area contributed by atoms with Crippen LogP contribution in [0.5, 0.6) is 0 Å². The summed E-state index contributed by atoms with van der Waals surface area (Å²) in [5.74, 6) is -1.12. The molecule has 1 saturated heterocycles. The molecule has 5 rings (SSSR count). The number of esters is 1. The molecule has 198 valence electrons. The first-order valence-corrected chi connectivity index (χ1v) is 13.0. The molecule has 2 N–H and O–H groups in total. The van der Waals surface area contributed by atoms with Gasteiger partial charge in [-0.05, 0) is 62.7 Å². The lowest BCUT2D eigenvalue weighted by atomic mass is 10.1. The van der Waals surface area contributed by atoms with Gasteiger partial charge in [-0.3, -0.25) is 4.79 Å². The summed E-state index contributed by atoms with van der Waals surface area (Å²) in [7, 11) is 2.16. The minimum Gasteiger partial charge on any atom is -0.462 e. The van der Waals surface area contributed by atoms with Crippen LogP contribution in [0, 0.1) is 6.92 Å². The van der Waals surface area contributed by atoms with Gasteiger partial charge in [0.15, 0.2) is 11.3 Å². The molecular weight excluding hydrogens is 482 g/mol. The highest BCUT2D eigenvalue weighted by Gasteiger charge is 2.37. The number of hydrogen-bond acceptors (Lipinski definition) is 8. The number of Topliss-reactive ketones (excluding diaryl/α,β-unsaturated/α-hetero) is 1. The van der Waals surface area contributed by atoms with E-state index in [1.807, 2.05) is 25.1 Å². The number of anilines is 1. The molecule has 4 heterocycles. The molecule has 2 aromatic heterocycles. The number of fused-ring (bicyclic) bond motifs is 1. The van der Waals surface area contributed by atoms with Crippen molar-refractivity contribution in [3.05, 3.63) is 76.6 Å². The molecule has 2 aliphatic heterocycles. The average Bonchev–Trinajstić information content (AvgIpc) is 3.46. The fourth-order valence-electron chi connectivity index (χ4n) is 4.75. The lowest BCUT2D eigenvalue weighted by Gasteiger charge is -2.32. The van der Waals surface area contributed by atoms with E-state index >= 15 is 0 Å². The quantitative estimate of drug-likeness (QED) is 0.267. The van der Waals surface area contributed by atoms with Crippen LogP contribution in [-0.2, 0) is 25.5 Å². The number of ether oxygens (including phenoxy) is 2. The number of nitrogens with zero attached hydrogens (tertiary/aromatic N) is 3. The number of ketones is 1. The van der Waals surface area contributed by atoms with Gasteiger partial charge in [0, 0.05) is 61.8 Å². The SMILES string of the molecule is CCOC(=O)C1=C(Nc2ccc(CCN3CCN(C)CC3)cc2C)O/C(=C\c2c[nH]c3ncccc23)C1=O. The number of hydrogen-bond donors (Lipinski definition) is 2. The molecule has 9 heteroatoms. The number of carbonyl (C=O) groups excluding carboxylic acids is 2.